The van der Waals surface area contributed by atoms with Crippen LogP contribution in [-0.2, 0) is 11.8 Å². The second kappa shape index (κ2) is 11.0. The van der Waals surface area contributed by atoms with Gasteiger partial charge in [-0.15, -0.1) is 0 Å². The van der Waals surface area contributed by atoms with Crippen LogP contribution in [0.25, 0.3) is 22.4 Å². The summed E-state index contributed by atoms with van der Waals surface area (Å²) in [6.07, 6.45) is 6.09. The summed E-state index contributed by atoms with van der Waals surface area (Å²) in [5.41, 5.74) is 10.3. The highest BCUT2D eigenvalue weighted by molar-refractivity contribution is 5.99. The van der Waals surface area contributed by atoms with Gasteiger partial charge in [0.2, 0.25) is 11.9 Å². The lowest BCUT2D eigenvalue weighted by molar-refractivity contribution is -0.111. The number of amides is 1. The molecule has 0 fully saturated rings. The van der Waals surface area contributed by atoms with E-state index in [-0.39, 0.29) is 29.4 Å². The van der Waals surface area contributed by atoms with Gasteiger partial charge in [0.25, 0.3) is 0 Å². The number of aromatic nitrogens is 6. The van der Waals surface area contributed by atoms with Gasteiger partial charge in [-0.1, -0.05) is 24.8 Å². The first kappa shape index (κ1) is 26.0. The van der Waals surface area contributed by atoms with E-state index in [1.807, 2.05) is 0 Å². The summed E-state index contributed by atoms with van der Waals surface area (Å²) in [5.74, 6) is -0.682. The number of nitrogens with zero attached hydrogens (tertiary/aromatic N) is 6. The molecule has 11 nitrogen and oxygen atoms in total. The van der Waals surface area contributed by atoms with E-state index in [9.17, 15) is 4.79 Å². The number of nitrogens with two attached hydrogens (primary N) is 1. The van der Waals surface area contributed by atoms with Crippen LogP contribution in [0.3, 0.4) is 0 Å². The van der Waals surface area contributed by atoms with Gasteiger partial charge in [0.05, 0.1) is 23.1 Å². The first-order chi connectivity index (χ1) is 19.3. The lowest BCUT2D eigenvalue weighted by Crippen LogP contribution is -2.07. The number of hydrogen-bond acceptors (Lipinski definition) is 9. The predicted octanol–water partition coefficient (Wildman–Crippen LogP) is 5.02. The number of carbonyl (C=O) groups is 1. The maximum absolute atomic E-state index is 15.2. The Kier molecular flexibility index (Phi) is 7.14. The number of benzene rings is 2. The average Bonchev–Trinajstić information content (AvgIpc) is 3.34. The van der Waals surface area contributed by atoms with Crippen LogP contribution in [0.1, 0.15) is 5.69 Å². The van der Waals surface area contributed by atoms with Crippen molar-refractivity contribution in [2.45, 2.75) is 6.92 Å². The summed E-state index contributed by atoms with van der Waals surface area (Å²) in [6, 6.07) is 13.1. The molecule has 0 spiro atoms. The lowest BCUT2D eigenvalue weighted by atomic mass is 9.99. The second-order valence-electron chi connectivity index (χ2n) is 8.68. The number of ether oxygens (including phenoxy) is 1. The molecule has 5 aromatic rings. The van der Waals surface area contributed by atoms with E-state index in [4.69, 9.17) is 15.5 Å². The fourth-order valence-electron chi connectivity index (χ4n) is 3.86. The SMILES string of the molecule is C=CC(=O)Nc1ccc(-c2nc(Nc3cnn(C)c3)nc(N)c2-c2ccc(Oc3nccc(C)n3)c(F)c2)cc1. The monoisotopic (exact) mass is 537 g/mol. The number of aryl methyl sites for hydroxylation is 2. The van der Waals surface area contributed by atoms with Crippen LogP contribution in [0.15, 0.2) is 79.8 Å². The quantitative estimate of drug-likeness (QED) is 0.232. The fourth-order valence-corrected chi connectivity index (χ4v) is 3.86. The van der Waals surface area contributed by atoms with Crippen LogP contribution in [0.5, 0.6) is 11.8 Å². The normalized spacial score (nSPS) is 10.7. The molecule has 0 saturated heterocycles. The summed E-state index contributed by atoms with van der Waals surface area (Å²) in [7, 11) is 1.79. The number of nitrogens with one attached hydrogen (secondary N) is 2. The van der Waals surface area contributed by atoms with Crippen molar-refractivity contribution in [3.63, 3.8) is 0 Å². The van der Waals surface area contributed by atoms with Gasteiger partial charge in [-0.2, -0.15) is 10.1 Å². The van der Waals surface area contributed by atoms with E-state index in [0.717, 1.165) is 0 Å². The van der Waals surface area contributed by atoms with Gasteiger partial charge < -0.3 is 21.1 Å². The molecule has 3 aromatic heterocycles. The van der Waals surface area contributed by atoms with Crippen LogP contribution in [0.2, 0.25) is 0 Å². The number of anilines is 4. The minimum Gasteiger partial charge on any atom is -0.421 e. The van der Waals surface area contributed by atoms with E-state index >= 15 is 4.39 Å². The number of nitrogen functional groups attached to an aromatic ring is 1. The number of rotatable bonds is 8. The molecule has 0 atom stereocenters. The smallest absolute Gasteiger partial charge is 0.322 e. The molecule has 5 rings (SSSR count). The molecule has 0 aliphatic carbocycles. The Morgan fingerprint density at radius 2 is 1.85 bits per heavy atom. The van der Waals surface area contributed by atoms with E-state index in [1.165, 1.54) is 24.4 Å². The lowest BCUT2D eigenvalue weighted by Gasteiger charge is -2.15. The zero-order valence-electron chi connectivity index (χ0n) is 21.6. The van der Waals surface area contributed by atoms with Crippen molar-refractivity contribution in [1.82, 2.24) is 29.7 Å². The summed E-state index contributed by atoms with van der Waals surface area (Å²) < 4.78 is 22.4. The Balaban J connectivity index is 1.55. The van der Waals surface area contributed by atoms with E-state index in [1.54, 1.807) is 67.4 Å². The maximum Gasteiger partial charge on any atom is 0.322 e. The van der Waals surface area contributed by atoms with Gasteiger partial charge in [0.15, 0.2) is 11.6 Å². The molecule has 0 aliphatic rings. The van der Waals surface area contributed by atoms with Gasteiger partial charge >= 0.3 is 6.01 Å². The van der Waals surface area contributed by atoms with Crippen molar-refractivity contribution >= 4 is 29.0 Å². The molecular formula is C28H24FN9O2. The second-order valence-corrected chi connectivity index (χ2v) is 8.68. The number of carbonyl (C=O) groups excluding carboxylic acids is 1. The molecule has 4 N–H and O–H groups in total. The molecule has 0 saturated carbocycles. The Labute approximate surface area is 228 Å². The van der Waals surface area contributed by atoms with Gasteiger partial charge in [-0.3, -0.25) is 9.48 Å². The maximum atomic E-state index is 15.2. The fraction of sp³-hybridized carbons (Fsp3) is 0.0714. The minimum absolute atomic E-state index is 0.0321. The standard InChI is InChI=1S/C28H24FN9O2/c1-4-23(39)34-19-8-5-17(6-9-19)25-24(26(30)37-27(36-25)35-20-14-32-38(3)15-20)18-7-10-22(21(29)13-18)40-28-31-12-11-16(2)33-28/h4-15H,1H2,2-3H3,(H,34,39)(H3,30,35,36,37). The summed E-state index contributed by atoms with van der Waals surface area (Å²) >= 11 is 0. The highest BCUT2D eigenvalue weighted by atomic mass is 19.1. The molecule has 3 heterocycles. The highest BCUT2D eigenvalue weighted by Crippen LogP contribution is 2.38. The molecule has 40 heavy (non-hydrogen) atoms. The van der Waals surface area contributed by atoms with Crippen LogP contribution in [0.4, 0.5) is 27.5 Å². The van der Waals surface area contributed by atoms with E-state index in [0.29, 0.717) is 39.5 Å². The Morgan fingerprint density at radius 3 is 2.52 bits per heavy atom. The third-order valence-electron chi connectivity index (χ3n) is 5.70. The largest absolute Gasteiger partial charge is 0.421 e. The van der Waals surface area contributed by atoms with Crippen molar-refractivity contribution in [2.75, 3.05) is 16.4 Å². The first-order valence-electron chi connectivity index (χ1n) is 12.0. The van der Waals surface area contributed by atoms with Crippen molar-refractivity contribution < 1.29 is 13.9 Å². The van der Waals surface area contributed by atoms with Gasteiger partial charge in [-0.05, 0) is 48.9 Å². The van der Waals surface area contributed by atoms with Gasteiger partial charge in [0.1, 0.15) is 5.82 Å². The van der Waals surface area contributed by atoms with Crippen molar-refractivity contribution in [3.05, 3.63) is 91.3 Å². The van der Waals surface area contributed by atoms with Gasteiger partial charge in [0, 0.05) is 36.4 Å². The molecule has 0 aliphatic heterocycles. The summed E-state index contributed by atoms with van der Waals surface area (Å²) in [5, 5.41) is 9.93. The number of hydrogen-bond donors (Lipinski definition) is 3. The zero-order valence-corrected chi connectivity index (χ0v) is 21.6. The van der Waals surface area contributed by atoms with Crippen molar-refractivity contribution in [2.24, 2.45) is 7.05 Å². The van der Waals surface area contributed by atoms with E-state index in [2.05, 4.69) is 37.3 Å². The Bertz CT molecular complexity index is 1720. The molecule has 0 radical (unpaired) electrons. The van der Waals surface area contributed by atoms with Crippen LogP contribution >= 0.6 is 0 Å². The molecule has 200 valence electrons. The molecule has 0 unspecified atom stereocenters. The third kappa shape index (κ3) is 5.75. The van der Waals surface area contributed by atoms with E-state index < -0.39 is 5.82 Å². The summed E-state index contributed by atoms with van der Waals surface area (Å²) in [6.45, 7) is 5.24. The Morgan fingerprint density at radius 1 is 1.07 bits per heavy atom. The number of halogens is 1. The predicted molar refractivity (Wildman–Crippen MR) is 149 cm³/mol. The zero-order chi connectivity index (χ0) is 28.2. The Hall–Kier alpha value is -5.65. The van der Waals surface area contributed by atoms with Crippen molar-refractivity contribution in [3.8, 4) is 34.1 Å². The molecular weight excluding hydrogens is 513 g/mol. The average molecular weight is 538 g/mol. The van der Waals surface area contributed by atoms with Crippen LogP contribution < -0.4 is 21.1 Å². The highest BCUT2D eigenvalue weighted by Gasteiger charge is 2.19. The molecule has 2 aromatic carbocycles. The first-order valence-corrected chi connectivity index (χ1v) is 12.0. The molecule has 12 heteroatoms. The minimum atomic E-state index is -0.645. The van der Waals surface area contributed by atoms with Crippen LogP contribution in [0, 0.1) is 12.7 Å². The third-order valence-corrected chi connectivity index (χ3v) is 5.70. The summed E-state index contributed by atoms with van der Waals surface area (Å²) in [4.78, 5) is 29.0. The molecule has 1 amide bonds. The van der Waals surface area contributed by atoms with Gasteiger partial charge in [-0.25, -0.2) is 19.3 Å². The topological polar surface area (TPSA) is 146 Å². The van der Waals surface area contributed by atoms with Crippen molar-refractivity contribution in [1.29, 1.82) is 0 Å². The molecule has 0 bridgehead atoms. The van der Waals surface area contributed by atoms with Crippen LogP contribution in [-0.4, -0.2) is 35.6 Å².